The van der Waals surface area contributed by atoms with Crippen LogP contribution in [-0.2, 0) is 0 Å². The number of hydrogen-bond acceptors (Lipinski definition) is 3. The van der Waals surface area contributed by atoms with Gasteiger partial charge in [0.2, 0.25) is 0 Å². The highest BCUT2D eigenvalue weighted by Crippen LogP contribution is 2.42. The third-order valence-electron chi connectivity index (χ3n) is 2.16. The van der Waals surface area contributed by atoms with E-state index >= 15 is 0 Å². The molecule has 0 unspecified atom stereocenters. The second-order valence-corrected chi connectivity index (χ2v) is 3.65. The average molecular weight is 242 g/mol. The first-order valence-electron chi connectivity index (χ1n) is 5.23. The Morgan fingerprint density at radius 2 is 2.06 bits per heavy atom. The predicted molar refractivity (Wildman–Crippen MR) is 58.8 cm³/mol. The van der Waals surface area contributed by atoms with Crippen LogP contribution in [0.25, 0.3) is 0 Å². The molecule has 1 aliphatic heterocycles. The highest BCUT2D eigenvalue weighted by Gasteiger charge is 2.43. The molecule has 0 radical (unpaired) electrons. The summed E-state index contributed by atoms with van der Waals surface area (Å²) in [7, 11) is 0. The van der Waals surface area contributed by atoms with Crippen molar-refractivity contribution in [1.82, 2.24) is 0 Å². The molecule has 0 saturated carbocycles. The van der Waals surface area contributed by atoms with Gasteiger partial charge in [-0.15, -0.1) is 8.78 Å². The lowest BCUT2D eigenvalue weighted by molar-refractivity contribution is -0.286. The lowest BCUT2D eigenvalue weighted by Gasteiger charge is -2.04. The zero-order valence-electron chi connectivity index (χ0n) is 9.24. The summed E-state index contributed by atoms with van der Waals surface area (Å²) in [5.74, 6) is 0.432. The number of ether oxygens (including phenoxy) is 2. The molecule has 92 valence electrons. The molecule has 1 heterocycles. The molecule has 0 fully saturated rings. The van der Waals surface area contributed by atoms with Crippen LogP contribution in [0.15, 0.2) is 23.2 Å². The summed E-state index contributed by atoms with van der Waals surface area (Å²) in [4.78, 5) is 4.09. The van der Waals surface area contributed by atoms with Crippen molar-refractivity contribution in [3.05, 3.63) is 18.2 Å². The Morgan fingerprint density at radius 1 is 1.35 bits per heavy atom. The fourth-order valence-corrected chi connectivity index (χ4v) is 1.49. The highest BCUT2D eigenvalue weighted by molar-refractivity contribution is 5.83. The Bertz CT molecular complexity index is 461. The van der Waals surface area contributed by atoms with E-state index in [-0.39, 0.29) is 11.5 Å². The van der Waals surface area contributed by atoms with E-state index in [9.17, 15) is 8.78 Å². The van der Waals surface area contributed by atoms with Crippen LogP contribution in [0, 0.1) is 0 Å². The van der Waals surface area contributed by atoms with Crippen LogP contribution in [0.5, 0.6) is 11.5 Å². The third kappa shape index (κ3) is 2.64. The van der Waals surface area contributed by atoms with Gasteiger partial charge in [0.1, 0.15) is 0 Å². The molecule has 0 spiro atoms. The van der Waals surface area contributed by atoms with Gasteiger partial charge in [0.05, 0.1) is 11.5 Å². The number of rotatable bonds is 3. The minimum absolute atomic E-state index is 0.00279. The maximum Gasteiger partial charge on any atom is 0.586 e. The molecule has 6 heteroatoms. The number of alkyl halides is 2. The summed E-state index contributed by atoms with van der Waals surface area (Å²) in [5, 5.41) is 0. The average Bonchev–Trinajstić information content (AvgIpc) is 2.51. The van der Waals surface area contributed by atoms with Crippen LogP contribution in [0.3, 0.4) is 0 Å². The smallest absolute Gasteiger partial charge is 0.395 e. The minimum Gasteiger partial charge on any atom is -0.395 e. The van der Waals surface area contributed by atoms with Crippen molar-refractivity contribution in [3.8, 4) is 11.5 Å². The SMILES string of the molecule is CCCC(N)=Nc1ccc2c(c1)OC(F)(F)O2. The lowest BCUT2D eigenvalue weighted by atomic mass is 10.2. The van der Waals surface area contributed by atoms with Crippen molar-refractivity contribution in [2.45, 2.75) is 26.1 Å². The summed E-state index contributed by atoms with van der Waals surface area (Å²) < 4.78 is 34.1. The van der Waals surface area contributed by atoms with Crippen molar-refractivity contribution in [2.75, 3.05) is 0 Å². The van der Waals surface area contributed by atoms with Crippen molar-refractivity contribution >= 4 is 11.5 Å². The van der Waals surface area contributed by atoms with Crippen molar-refractivity contribution < 1.29 is 18.3 Å². The number of nitrogens with zero attached hydrogens (tertiary/aromatic N) is 1. The maximum absolute atomic E-state index is 12.7. The molecule has 0 aliphatic carbocycles. The van der Waals surface area contributed by atoms with Crippen LogP contribution < -0.4 is 15.2 Å². The van der Waals surface area contributed by atoms with E-state index in [4.69, 9.17) is 5.73 Å². The summed E-state index contributed by atoms with van der Waals surface area (Å²) in [5.41, 5.74) is 6.11. The van der Waals surface area contributed by atoms with Crippen LogP contribution in [0.1, 0.15) is 19.8 Å². The Hall–Kier alpha value is -1.85. The van der Waals surface area contributed by atoms with E-state index in [1.165, 1.54) is 12.1 Å². The number of amidine groups is 1. The van der Waals surface area contributed by atoms with Gasteiger partial charge in [-0.1, -0.05) is 6.92 Å². The topological polar surface area (TPSA) is 56.8 Å². The molecule has 2 rings (SSSR count). The fourth-order valence-electron chi connectivity index (χ4n) is 1.49. The lowest BCUT2D eigenvalue weighted by Crippen LogP contribution is -2.25. The molecule has 1 aliphatic rings. The van der Waals surface area contributed by atoms with Gasteiger partial charge in [0.15, 0.2) is 11.5 Å². The van der Waals surface area contributed by atoms with E-state index in [0.717, 1.165) is 6.42 Å². The first kappa shape index (κ1) is 11.6. The monoisotopic (exact) mass is 242 g/mol. The largest absolute Gasteiger partial charge is 0.586 e. The van der Waals surface area contributed by atoms with Crippen molar-refractivity contribution in [2.24, 2.45) is 10.7 Å². The molecule has 4 nitrogen and oxygen atoms in total. The number of halogens is 2. The maximum atomic E-state index is 12.7. The minimum atomic E-state index is -3.60. The molecule has 17 heavy (non-hydrogen) atoms. The molecule has 2 N–H and O–H groups in total. The van der Waals surface area contributed by atoms with Crippen LogP contribution in [0.4, 0.5) is 14.5 Å². The Labute approximate surface area is 97.0 Å². The van der Waals surface area contributed by atoms with E-state index in [1.54, 1.807) is 6.07 Å². The molecular weight excluding hydrogens is 230 g/mol. The molecule has 0 aromatic heterocycles. The Balaban J connectivity index is 2.22. The van der Waals surface area contributed by atoms with Gasteiger partial charge in [0, 0.05) is 12.5 Å². The Morgan fingerprint density at radius 3 is 2.76 bits per heavy atom. The van der Waals surface area contributed by atoms with E-state index in [2.05, 4.69) is 14.5 Å². The summed E-state index contributed by atoms with van der Waals surface area (Å²) in [6, 6.07) is 4.30. The zero-order valence-corrected chi connectivity index (χ0v) is 9.24. The van der Waals surface area contributed by atoms with Gasteiger partial charge in [-0.3, -0.25) is 0 Å². The standard InChI is InChI=1S/C11H12F2N2O2/c1-2-3-10(14)15-7-4-5-8-9(6-7)17-11(12,13)16-8/h4-6H,2-3H2,1H3,(H2,14,15). The molecule has 0 atom stereocenters. The molecule has 0 bridgehead atoms. The van der Waals surface area contributed by atoms with E-state index in [1.807, 2.05) is 6.92 Å². The number of hydrogen-bond donors (Lipinski definition) is 1. The highest BCUT2D eigenvalue weighted by atomic mass is 19.3. The molecule has 0 amide bonds. The molecular formula is C11H12F2N2O2. The van der Waals surface area contributed by atoms with Gasteiger partial charge in [-0.25, -0.2) is 4.99 Å². The molecule has 1 aromatic rings. The van der Waals surface area contributed by atoms with Gasteiger partial charge in [-0.05, 0) is 18.6 Å². The van der Waals surface area contributed by atoms with Crippen molar-refractivity contribution in [1.29, 1.82) is 0 Å². The van der Waals surface area contributed by atoms with Crippen LogP contribution in [0.2, 0.25) is 0 Å². The summed E-state index contributed by atoms with van der Waals surface area (Å²) in [6.07, 6.45) is -2.07. The quantitative estimate of drug-likeness (QED) is 0.655. The van der Waals surface area contributed by atoms with Crippen LogP contribution in [-0.4, -0.2) is 12.1 Å². The number of benzene rings is 1. The van der Waals surface area contributed by atoms with Gasteiger partial charge in [-0.2, -0.15) is 0 Å². The first-order chi connectivity index (χ1) is 8.00. The zero-order chi connectivity index (χ0) is 12.5. The normalized spacial score (nSPS) is 17.2. The van der Waals surface area contributed by atoms with Gasteiger partial charge >= 0.3 is 6.29 Å². The predicted octanol–water partition coefficient (Wildman–Crippen LogP) is 2.80. The van der Waals surface area contributed by atoms with Crippen molar-refractivity contribution in [3.63, 3.8) is 0 Å². The number of aliphatic imine (C=N–C) groups is 1. The van der Waals surface area contributed by atoms with Crippen LogP contribution >= 0.6 is 0 Å². The molecule has 0 saturated heterocycles. The summed E-state index contributed by atoms with van der Waals surface area (Å²) in [6.45, 7) is 1.97. The van der Waals surface area contributed by atoms with Gasteiger partial charge in [0.25, 0.3) is 0 Å². The number of nitrogens with two attached hydrogens (primary N) is 1. The fraction of sp³-hybridized carbons (Fsp3) is 0.364. The third-order valence-corrected chi connectivity index (χ3v) is 2.16. The molecule has 1 aromatic carbocycles. The second-order valence-electron chi connectivity index (χ2n) is 3.65. The van der Waals surface area contributed by atoms with E-state index in [0.29, 0.717) is 17.9 Å². The first-order valence-corrected chi connectivity index (χ1v) is 5.23. The Kier molecular flexibility index (Phi) is 2.87. The summed E-state index contributed by atoms with van der Waals surface area (Å²) >= 11 is 0. The second kappa shape index (κ2) is 4.20. The number of fused-ring (bicyclic) bond motifs is 1. The van der Waals surface area contributed by atoms with Gasteiger partial charge < -0.3 is 15.2 Å². The van der Waals surface area contributed by atoms with E-state index < -0.39 is 6.29 Å².